The van der Waals surface area contributed by atoms with E-state index in [1.807, 2.05) is 0 Å². The molecule has 1 unspecified atom stereocenters. The molecule has 6 nitrogen and oxygen atoms in total. The highest BCUT2D eigenvalue weighted by molar-refractivity contribution is 14.0. The van der Waals surface area contributed by atoms with E-state index in [0.29, 0.717) is 11.9 Å². The molecule has 0 aromatic carbocycles. The summed E-state index contributed by atoms with van der Waals surface area (Å²) >= 11 is 0. The van der Waals surface area contributed by atoms with Crippen LogP contribution < -0.4 is 10.6 Å². The second kappa shape index (κ2) is 12.8. The van der Waals surface area contributed by atoms with E-state index in [-0.39, 0.29) is 29.9 Å². The Morgan fingerprint density at radius 3 is 2.46 bits per heavy atom. The maximum Gasteiger partial charge on any atom is 0.225 e. The van der Waals surface area contributed by atoms with E-state index in [9.17, 15) is 4.79 Å². The number of rotatable bonds is 8. The minimum atomic E-state index is 0. The first-order valence-electron chi connectivity index (χ1n) is 10.2. The molecular weight excluding hydrogens is 441 g/mol. The lowest BCUT2D eigenvalue weighted by molar-refractivity contribution is -0.134. The van der Waals surface area contributed by atoms with Crippen molar-refractivity contribution in [3.05, 3.63) is 0 Å². The molecule has 1 saturated heterocycles. The average Bonchev–Trinajstić information content (AvgIpc) is 3.30. The van der Waals surface area contributed by atoms with Crippen LogP contribution in [0.3, 0.4) is 0 Å². The van der Waals surface area contributed by atoms with Gasteiger partial charge in [-0.15, -0.1) is 24.0 Å². The SMILES string of the molecule is CCNC(=NCCN(CC)CC)NC1CCN(C(=O)C2CCCC2)C1.I. The summed E-state index contributed by atoms with van der Waals surface area (Å²) in [5.74, 6) is 1.55. The quantitative estimate of drug-likeness (QED) is 0.319. The number of nitrogens with zero attached hydrogens (tertiary/aromatic N) is 3. The highest BCUT2D eigenvalue weighted by Crippen LogP contribution is 2.27. The summed E-state index contributed by atoms with van der Waals surface area (Å²) in [4.78, 5) is 21.7. The number of aliphatic imine (C=N–C) groups is 1. The number of hydrogen-bond acceptors (Lipinski definition) is 3. The van der Waals surface area contributed by atoms with Gasteiger partial charge in [-0.1, -0.05) is 26.7 Å². The number of carbonyl (C=O) groups is 1. The van der Waals surface area contributed by atoms with Crippen molar-refractivity contribution in [2.24, 2.45) is 10.9 Å². The van der Waals surface area contributed by atoms with Gasteiger partial charge in [0.15, 0.2) is 5.96 Å². The molecule has 1 heterocycles. The minimum Gasteiger partial charge on any atom is -0.357 e. The Kier molecular flexibility index (Phi) is 11.5. The predicted octanol–water partition coefficient (Wildman–Crippen LogP) is 2.29. The maximum atomic E-state index is 12.6. The fourth-order valence-electron chi connectivity index (χ4n) is 3.87. The number of amides is 1. The number of guanidine groups is 1. The van der Waals surface area contributed by atoms with E-state index in [1.54, 1.807) is 0 Å². The van der Waals surface area contributed by atoms with Crippen LogP contribution in [0.15, 0.2) is 4.99 Å². The maximum absolute atomic E-state index is 12.6. The van der Waals surface area contributed by atoms with Crippen molar-refractivity contribution in [2.75, 3.05) is 45.8 Å². The zero-order valence-corrected chi connectivity index (χ0v) is 19.1. The largest absolute Gasteiger partial charge is 0.357 e. The summed E-state index contributed by atoms with van der Waals surface area (Å²) in [5.41, 5.74) is 0. The molecule has 26 heavy (non-hydrogen) atoms. The molecule has 2 rings (SSSR count). The van der Waals surface area contributed by atoms with Gasteiger partial charge in [0.05, 0.1) is 6.54 Å². The second-order valence-electron chi connectivity index (χ2n) is 7.18. The molecule has 0 aromatic heterocycles. The van der Waals surface area contributed by atoms with E-state index < -0.39 is 0 Å². The number of likely N-dealkylation sites (N-methyl/N-ethyl adjacent to an activating group) is 1. The van der Waals surface area contributed by atoms with Gasteiger partial charge in [0.2, 0.25) is 5.91 Å². The molecule has 0 bridgehead atoms. The number of likely N-dealkylation sites (tertiary alicyclic amines) is 1. The van der Waals surface area contributed by atoms with Gasteiger partial charge in [-0.05, 0) is 39.3 Å². The Morgan fingerprint density at radius 2 is 1.85 bits per heavy atom. The Morgan fingerprint density at radius 1 is 1.15 bits per heavy atom. The fraction of sp³-hybridized carbons (Fsp3) is 0.895. The van der Waals surface area contributed by atoms with Gasteiger partial charge in [-0.2, -0.15) is 0 Å². The molecule has 152 valence electrons. The van der Waals surface area contributed by atoms with Crippen LogP contribution in [0.5, 0.6) is 0 Å². The molecule has 0 spiro atoms. The van der Waals surface area contributed by atoms with E-state index in [0.717, 1.165) is 71.0 Å². The fourth-order valence-corrected chi connectivity index (χ4v) is 3.87. The first kappa shape index (κ1) is 23.5. The first-order chi connectivity index (χ1) is 12.2. The van der Waals surface area contributed by atoms with Crippen LogP contribution in [-0.2, 0) is 4.79 Å². The average molecular weight is 479 g/mol. The molecule has 2 aliphatic rings. The van der Waals surface area contributed by atoms with Crippen LogP contribution in [-0.4, -0.2) is 73.5 Å². The number of halogens is 1. The Balaban J connectivity index is 0.00000338. The van der Waals surface area contributed by atoms with Gasteiger partial charge < -0.3 is 20.4 Å². The molecule has 1 amide bonds. The minimum absolute atomic E-state index is 0. The van der Waals surface area contributed by atoms with E-state index in [1.165, 1.54) is 12.8 Å². The van der Waals surface area contributed by atoms with Gasteiger partial charge in [0, 0.05) is 38.1 Å². The Bertz CT molecular complexity index is 436. The predicted molar refractivity (Wildman–Crippen MR) is 119 cm³/mol. The van der Waals surface area contributed by atoms with Crippen LogP contribution in [0.25, 0.3) is 0 Å². The molecular formula is C19H38IN5O. The van der Waals surface area contributed by atoms with Crippen molar-refractivity contribution in [2.45, 2.75) is 58.9 Å². The smallest absolute Gasteiger partial charge is 0.225 e. The zero-order chi connectivity index (χ0) is 18.1. The monoisotopic (exact) mass is 479 g/mol. The van der Waals surface area contributed by atoms with Gasteiger partial charge in [0.25, 0.3) is 0 Å². The zero-order valence-electron chi connectivity index (χ0n) is 16.8. The van der Waals surface area contributed by atoms with E-state index >= 15 is 0 Å². The van der Waals surface area contributed by atoms with Crippen molar-refractivity contribution in [3.63, 3.8) is 0 Å². The molecule has 1 aliphatic heterocycles. The number of nitrogens with one attached hydrogen (secondary N) is 2. The lowest BCUT2D eigenvalue weighted by Gasteiger charge is -2.22. The van der Waals surface area contributed by atoms with Crippen LogP contribution in [0.1, 0.15) is 52.9 Å². The Hall–Kier alpha value is -0.570. The van der Waals surface area contributed by atoms with Crippen molar-refractivity contribution in [3.8, 4) is 0 Å². The van der Waals surface area contributed by atoms with Gasteiger partial charge >= 0.3 is 0 Å². The lowest BCUT2D eigenvalue weighted by Crippen LogP contribution is -2.45. The van der Waals surface area contributed by atoms with Crippen molar-refractivity contribution in [1.29, 1.82) is 0 Å². The van der Waals surface area contributed by atoms with Crippen LogP contribution >= 0.6 is 24.0 Å². The third-order valence-corrected chi connectivity index (χ3v) is 5.47. The molecule has 0 radical (unpaired) electrons. The number of hydrogen-bond donors (Lipinski definition) is 2. The third kappa shape index (κ3) is 7.21. The van der Waals surface area contributed by atoms with Gasteiger partial charge in [-0.25, -0.2) is 0 Å². The molecule has 2 fully saturated rings. The summed E-state index contributed by atoms with van der Waals surface area (Å²) < 4.78 is 0. The van der Waals surface area contributed by atoms with Crippen LogP contribution in [0.2, 0.25) is 0 Å². The number of carbonyl (C=O) groups excluding carboxylic acids is 1. The summed E-state index contributed by atoms with van der Waals surface area (Å²) in [6.45, 7) is 12.9. The van der Waals surface area contributed by atoms with Crippen molar-refractivity contribution >= 4 is 35.8 Å². The summed E-state index contributed by atoms with van der Waals surface area (Å²) in [7, 11) is 0. The van der Waals surface area contributed by atoms with E-state index in [2.05, 4.69) is 41.2 Å². The summed E-state index contributed by atoms with van der Waals surface area (Å²) in [6.07, 6.45) is 5.62. The highest BCUT2D eigenvalue weighted by atomic mass is 127. The summed E-state index contributed by atoms with van der Waals surface area (Å²) in [5, 5.41) is 6.86. The standard InChI is InChI=1S/C19H37N5O.HI/c1-4-20-19(21-12-14-23(5-2)6-3)22-17-11-13-24(15-17)18(25)16-9-7-8-10-16;/h16-17H,4-15H2,1-3H3,(H2,20,21,22);1H. The molecule has 1 saturated carbocycles. The Labute approximate surface area is 176 Å². The van der Waals surface area contributed by atoms with Crippen molar-refractivity contribution < 1.29 is 4.79 Å². The molecule has 2 N–H and O–H groups in total. The van der Waals surface area contributed by atoms with E-state index in [4.69, 9.17) is 4.99 Å². The van der Waals surface area contributed by atoms with Gasteiger partial charge in [0.1, 0.15) is 0 Å². The topological polar surface area (TPSA) is 60.0 Å². The molecule has 0 aromatic rings. The normalized spacial score (nSPS) is 21.2. The first-order valence-corrected chi connectivity index (χ1v) is 10.2. The molecule has 1 aliphatic carbocycles. The van der Waals surface area contributed by atoms with Crippen molar-refractivity contribution in [1.82, 2.24) is 20.4 Å². The molecule has 7 heteroatoms. The van der Waals surface area contributed by atoms with Gasteiger partial charge in [-0.3, -0.25) is 9.79 Å². The second-order valence-corrected chi connectivity index (χ2v) is 7.18. The van der Waals surface area contributed by atoms with Crippen LogP contribution in [0, 0.1) is 5.92 Å². The molecule has 1 atom stereocenters. The summed E-state index contributed by atoms with van der Waals surface area (Å²) in [6, 6.07) is 0.316. The third-order valence-electron chi connectivity index (χ3n) is 5.47. The lowest BCUT2D eigenvalue weighted by atomic mass is 10.1. The highest BCUT2D eigenvalue weighted by Gasteiger charge is 2.32. The van der Waals surface area contributed by atoms with Crippen LogP contribution in [0.4, 0.5) is 0 Å².